The second kappa shape index (κ2) is 7.74. The van der Waals surface area contributed by atoms with Crippen LogP contribution in [0.15, 0.2) is 0 Å². The molecule has 0 aliphatic heterocycles. The van der Waals surface area contributed by atoms with Crippen molar-refractivity contribution in [3.05, 3.63) is 0 Å². The molecule has 0 saturated heterocycles. The zero-order valence-corrected chi connectivity index (χ0v) is 11.9. The highest BCUT2D eigenvalue weighted by Crippen LogP contribution is 2.17. The SMILES string of the molecule is CCCCS(=O)(=O)NCC(=O)NC1CCCCC1. The largest absolute Gasteiger partial charge is 0.352 e. The van der Waals surface area contributed by atoms with E-state index in [1.165, 1.54) is 6.42 Å². The predicted octanol–water partition coefficient (Wildman–Crippen LogP) is 1.15. The first kappa shape index (κ1) is 15.4. The number of amides is 1. The highest BCUT2D eigenvalue weighted by Gasteiger charge is 2.17. The quantitative estimate of drug-likeness (QED) is 0.732. The average molecular weight is 276 g/mol. The van der Waals surface area contributed by atoms with Gasteiger partial charge in [-0.2, -0.15) is 0 Å². The summed E-state index contributed by atoms with van der Waals surface area (Å²) in [6, 6.07) is 0.228. The molecular formula is C12H24N2O3S. The van der Waals surface area contributed by atoms with Gasteiger partial charge < -0.3 is 5.32 Å². The summed E-state index contributed by atoms with van der Waals surface area (Å²) in [6.45, 7) is 1.80. The van der Waals surface area contributed by atoms with Crippen LogP contribution in [-0.4, -0.2) is 32.7 Å². The maximum absolute atomic E-state index is 11.6. The van der Waals surface area contributed by atoms with Gasteiger partial charge in [-0.3, -0.25) is 4.79 Å². The van der Waals surface area contributed by atoms with E-state index in [0.29, 0.717) is 6.42 Å². The van der Waals surface area contributed by atoms with Crippen LogP contribution in [0.2, 0.25) is 0 Å². The molecule has 0 spiro atoms. The van der Waals surface area contributed by atoms with Crippen LogP contribution in [-0.2, 0) is 14.8 Å². The van der Waals surface area contributed by atoms with E-state index >= 15 is 0 Å². The Morgan fingerprint density at radius 2 is 1.89 bits per heavy atom. The zero-order chi connectivity index (χ0) is 13.4. The van der Waals surface area contributed by atoms with Crippen LogP contribution in [0.1, 0.15) is 51.9 Å². The molecule has 0 aromatic heterocycles. The van der Waals surface area contributed by atoms with Crippen molar-refractivity contribution in [3.8, 4) is 0 Å². The van der Waals surface area contributed by atoms with Crippen molar-refractivity contribution in [1.29, 1.82) is 0 Å². The first-order valence-electron chi connectivity index (χ1n) is 6.80. The van der Waals surface area contributed by atoms with Crippen LogP contribution in [0.3, 0.4) is 0 Å². The molecule has 0 aromatic rings. The summed E-state index contributed by atoms with van der Waals surface area (Å²) >= 11 is 0. The number of unbranched alkanes of at least 4 members (excludes halogenated alkanes) is 1. The Morgan fingerprint density at radius 1 is 1.22 bits per heavy atom. The molecule has 0 unspecified atom stereocenters. The molecule has 1 amide bonds. The van der Waals surface area contributed by atoms with E-state index < -0.39 is 10.0 Å². The van der Waals surface area contributed by atoms with Gasteiger partial charge in [0, 0.05) is 6.04 Å². The molecule has 0 aromatic carbocycles. The lowest BCUT2D eigenvalue weighted by molar-refractivity contribution is -0.120. The molecule has 6 heteroatoms. The first-order valence-corrected chi connectivity index (χ1v) is 8.45. The minimum atomic E-state index is -3.29. The predicted molar refractivity (Wildman–Crippen MR) is 71.7 cm³/mol. The van der Waals surface area contributed by atoms with Crippen molar-refractivity contribution in [2.45, 2.75) is 57.9 Å². The van der Waals surface area contributed by atoms with Gasteiger partial charge in [-0.25, -0.2) is 13.1 Å². The van der Waals surface area contributed by atoms with Crippen molar-refractivity contribution in [1.82, 2.24) is 10.0 Å². The standard InChI is InChI=1S/C12H24N2O3S/c1-2-3-9-18(16,17)13-10-12(15)14-11-7-5-4-6-8-11/h11,13H,2-10H2,1H3,(H,14,15). The molecule has 1 rings (SSSR count). The van der Waals surface area contributed by atoms with Crippen molar-refractivity contribution in [2.75, 3.05) is 12.3 Å². The van der Waals surface area contributed by atoms with E-state index in [4.69, 9.17) is 0 Å². The Morgan fingerprint density at radius 3 is 2.50 bits per heavy atom. The van der Waals surface area contributed by atoms with Crippen LogP contribution in [0.5, 0.6) is 0 Å². The Hall–Kier alpha value is -0.620. The minimum absolute atomic E-state index is 0.0974. The lowest BCUT2D eigenvalue weighted by Gasteiger charge is -2.22. The zero-order valence-electron chi connectivity index (χ0n) is 11.1. The van der Waals surface area contributed by atoms with Crippen LogP contribution in [0.4, 0.5) is 0 Å². The maximum Gasteiger partial charge on any atom is 0.235 e. The summed E-state index contributed by atoms with van der Waals surface area (Å²) in [6.07, 6.45) is 6.99. The molecule has 5 nitrogen and oxygen atoms in total. The highest BCUT2D eigenvalue weighted by atomic mass is 32.2. The fraction of sp³-hybridized carbons (Fsp3) is 0.917. The molecule has 1 aliphatic carbocycles. The third-order valence-corrected chi connectivity index (χ3v) is 4.60. The van der Waals surface area contributed by atoms with Crippen LogP contribution in [0.25, 0.3) is 0 Å². The van der Waals surface area contributed by atoms with Crippen LogP contribution >= 0.6 is 0 Å². The molecular weight excluding hydrogens is 252 g/mol. The third-order valence-electron chi connectivity index (χ3n) is 3.19. The normalized spacial score (nSPS) is 17.6. The number of carbonyl (C=O) groups is 1. The lowest BCUT2D eigenvalue weighted by atomic mass is 9.95. The minimum Gasteiger partial charge on any atom is -0.352 e. The number of nitrogens with one attached hydrogen (secondary N) is 2. The van der Waals surface area contributed by atoms with Gasteiger partial charge in [0.05, 0.1) is 12.3 Å². The summed E-state index contributed by atoms with van der Waals surface area (Å²) in [4.78, 5) is 11.6. The lowest BCUT2D eigenvalue weighted by Crippen LogP contribution is -2.43. The number of rotatable bonds is 7. The monoisotopic (exact) mass is 276 g/mol. The smallest absolute Gasteiger partial charge is 0.235 e. The van der Waals surface area contributed by atoms with E-state index in [9.17, 15) is 13.2 Å². The highest BCUT2D eigenvalue weighted by molar-refractivity contribution is 7.89. The number of hydrogen-bond donors (Lipinski definition) is 2. The van der Waals surface area contributed by atoms with E-state index in [1.54, 1.807) is 0 Å². The van der Waals surface area contributed by atoms with Crippen molar-refractivity contribution in [3.63, 3.8) is 0 Å². The van der Waals surface area contributed by atoms with Crippen molar-refractivity contribution in [2.24, 2.45) is 0 Å². The molecule has 0 heterocycles. The number of sulfonamides is 1. The van der Waals surface area contributed by atoms with Gasteiger partial charge in [0.1, 0.15) is 0 Å². The molecule has 18 heavy (non-hydrogen) atoms. The molecule has 1 aliphatic rings. The Kier molecular flexibility index (Phi) is 6.63. The Labute approximate surface area is 110 Å². The fourth-order valence-corrected chi connectivity index (χ4v) is 3.27. The van der Waals surface area contributed by atoms with Crippen LogP contribution < -0.4 is 10.0 Å². The molecule has 106 valence electrons. The van der Waals surface area contributed by atoms with Gasteiger partial charge in [0.2, 0.25) is 15.9 Å². The topological polar surface area (TPSA) is 75.3 Å². The van der Waals surface area contributed by atoms with Gasteiger partial charge in [-0.1, -0.05) is 32.6 Å². The van der Waals surface area contributed by atoms with Crippen molar-refractivity contribution >= 4 is 15.9 Å². The Bertz CT molecular complexity index is 348. The molecule has 1 saturated carbocycles. The van der Waals surface area contributed by atoms with E-state index in [1.807, 2.05) is 6.92 Å². The first-order chi connectivity index (χ1) is 8.53. The third kappa shape index (κ3) is 6.35. The summed E-state index contributed by atoms with van der Waals surface area (Å²) in [7, 11) is -3.29. The summed E-state index contributed by atoms with van der Waals surface area (Å²) in [5.74, 6) is -0.123. The fourth-order valence-electron chi connectivity index (χ4n) is 2.11. The van der Waals surface area contributed by atoms with Gasteiger partial charge in [-0.05, 0) is 19.3 Å². The second-order valence-corrected chi connectivity index (χ2v) is 6.82. The van der Waals surface area contributed by atoms with E-state index in [-0.39, 0.29) is 24.2 Å². The second-order valence-electron chi connectivity index (χ2n) is 4.90. The average Bonchev–Trinajstić information content (AvgIpc) is 2.36. The molecule has 0 bridgehead atoms. The van der Waals surface area contributed by atoms with Gasteiger partial charge in [0.25, 0.3) is 0 Å². The molecule has 1 fully saturated rings. The summed E-state index contributed by atoms with van der Waals surface area (Å²) in [5, 5.41) is 2.88. The van der Waals surface area contributed by atoms with Gasteiger partial charge in [-0.15, -0.1) is 0 Å². The molecule has 0 radical (unpaired) electrons. The van der Waals surface area contributed by atoms with E-state index in [2.05, 4.69) is 10.0 Å². The summed E-state index contributed by atoms with van der Waals surface area (Å²) < 4.78 is 25.3. The number of carbonyl (C=O) groups excluding carboxylic acids is 1. The number of hydrogen-bond acceptors (Lipinski definition) is 3. The Balaban J connectivity index is 2.23. The van der Waals surface area contributed by atoms with Crippen LogP contribution in [0, 0.1) is 0 Å². The van der Waals surface area contributed by atoms with E-state index in [0.717, 1.165) is 32.1 Å². The van der Waals surface area contributed by atoms with Gasteiger partial charge >= 0.3 is 0 Å². The van der Waals surface area contributed by atoms with Crippen molar-refractivity contribution < 1.29 is 13.2 Å². The maximum atomic E-state index is 11.6. The molecule has 2 N–H and O–H groups in total. The summed E-state index contributed by atoms with van der Waals surface area (Å²) in [5.41, 5.74) is 0. The molecule has 0 atom stereocenters. The van der Waals surface area contributed by atoms with Gasteiger partial charge in [0.15, 0.2) is 0 Å².